The molecule has 0 spiro atoms. The second-order valence-electron chi connectivity index (χ2n) is 8.13. The van der Waals surface area contributed by atoms with Gasteiger partial charge in [0.1, 0.15) is 11.6 Å². The van der Waals surface area contributed by atoms with E-state index in [-0.39, 0.29) is 17.4 Å². The monoisotopic (exact) mass is 431 g/mol. The Morgan fingerprint density at radius 3 is 2.88 bits per heavy atom. The summed E-state index contributed by atoms with van der Waals surface area (Å²) >= 11 is 0. The van der Waals surface area contributed by atoms with E-state index in [1.807, 2.05) is 30.3 Å². The van der Waals surface area contributed by atoms with Crippen LogP contribution in [0.4, 0.5) is 5.82 Å². The van der Waals surface area contributed by atoms with E-state index < -0.39 is 0 Å². The van der Waals surface area contributed by atoms with Gasteiger partial charge in [-0.3, -0.25) is 9.59 Å². The van der Waals surface area contributed by atoms with Crippen molar-refractivity contribution in [2.24, 2.45) is 0 Å². The number of rotatable bonds is 4. The molecule has 2 saturated heterocycles. The van der Waals surface area contributed by atoms with Gasteiger partial charge in [0, 0.05) is 43.9 Å². The third kappa shape index (κ3) is 3.78. The van der Waals surface area contributed by atoms with E-state index in [1.165, 1.54) is 6.08 Å². The number of anilines is 1. The van der Waals surface area contributed by atoms with Crippen molar-refractivity contribution in [3.8, 4) is 11.1 Å². The molecule has 2 aliphatic heterocycles. The van der Waals surface area contributed by atoms with Gasteiger partial charge in [-0.15, -0.1) is 0 Å². The number of nitrogens with zero attached hydrogens (tertiary/aromatic N) is 4. The van der Waals surface area contributed by atoms with E-state index in [4.69, 9.17) is 9.72 Å². The van der Waals surface area contributed by atoms with E-state index >= 15 is 0 Å². The van der Waals surface area contributed by atoms with Crippen molar-refractivity contribution in [2.45, 2.75) is 12.3 Å². The molecule has 1 N–H and O–H groups in total. The molecule has 2 fully saturated rings. The Balaban J connectivity index is 1.48. The molecule has 1 unspecified atom stereocenters. The fraction of sp³-hybridized carbons (Fsp3) is 0.333. The van der Waals surface area contributed by atoms with Crippen molar-refractivity contribution in [2.75, 3.05) is 44.3 Å². The molecule has 164 valence electrons. The molecule has 2 aliphatic rings. The van der Waals surface area contributed by atoms with E-state index in [2.05, 4.69) is 21.4 Å². The average molecular weight is 431 g/mol. The Morgan fingerprint density at radius 1 is 1.22 bits per heavy atom. The summed E-state index contributed by atoms with van der Waals surface area (Å²) in [4.78, 5) is 41.1. The highest BCUT2D eigenvalue weighted by Gasteiger charge is 2.28. The number of morpholine rings is 1. The van der Waals surface area contributed by atoms with Crippen LogP contribution in [0.3, 0.4) is 0 Å². The van der Waals surface area contributed by atoms with Crippen LogP contribution in [-0.4, -0.2) is 65.2 Å². The smallest absolute Gasteiger partial charge is 0.258 e. The van der Waals surface area contributed by atoms with Gasteiger partial charge >= 0.3 is 0 Å². The van der Waals surface area contributed by atoms with Crippen LogP contribution in [0, 0.1) is 0 Å². The average Bonchev–Trinajstić information content (AvgIpc) is 3.34. The Bertz CT molecular complexity index is 1230. The van der Waals surface area contributed by atoms with Gasteiger partial charge in [-0.05, 0) is 42.3 Å². The van der Waals surface area contributed by atoms with Crippen LogP contribution in [-0.2, 0) is 9.53 Å². The van der Waals surface area contributed by atoms with Crippen LogP contribution in [0.1, 0.15) is 18.2 Å². The number of fused-ring (bicyclic) bond motifs is 1. The number of nitrogens with one attached hydrogen (secondary N) is 1. The molecule has 0 saturated carbocycles. The van der Waals surface area contributed by atoms with E-state index in [0.717, 1.165) is 36.5 Å². The van der Waals surface area contributed by atoms with Crippen molar-refractivity contribution in [1.29, 1.82) is 0 Å². The molecule has 8 heteroatoms. The maximum absolute atomic E-state index is 13.0. The molecule has 1 amide bonds. The first-order chi connectivity index (χ1) is 15.6. The number of hydrogen-bond acceptors (Lipinski definition) is 6. The Labute approximate surface area is 185 Å². The lowest BCUT2D eigenvalue weighted by molar-refractivity contribution is -0.125. The molecule has 0 bridgehead atoms. The van der Waals surface area contributed by atoms with Crippen LogP contribution < -0.4 is 10.5 Å². The first kappa shape index (κ1) is 20.4. The van der Waals surface area contributed by atoms with Gasteiger partial charge in [0.2, 0.25) is 5.91 Å². The summed E-state index contributed by atoms with van der Waals surface area (Å²) in [6.07, 6.45) is 3.88. The number of benzene rings is 1. The quantitative estimate of drug-likeness (QED) is 0.638. The fourth-order valence-electron chi connectivity index (χ4n) is 4.48. The van der Waals surface area contributed by atoms with Gasteiger partial charge in [-0.2, -0.15) is 0 Å². The molecule has 8 nitrogen and oxygen atoms in total. The van der Waals surface area contributed by atoms with Crippen molar-refractivity contribution in [3.05, 3.63) is 65.4 Å². The van der Waals surface area contributed by atoms with Crippen LogP contribution in [0.5, 0.6) is 0 Å². The number of ether oxygens (including phenoxy) is 1. The Morgan fingerprint density at radius 2 is 2.06 bits per heavy atom. The zero-order chi connectivity index (χ0) is 22.1. The third-order valence-electron chi connectivity index (χ3n) is 6.19. The molecule has 1 aromatic carbocycles. The number of pyridine rings is 1. The number of hydrogen-bond donors (Lipinski definition) is 1. The van der Waals surface area contributed by atoms with Crippen LogP contribution in [0.15, 0.2) is 54.0 Å². The number of carbonyl (C=O) groups is 1. The summed E-state index contributed by atoms with van der Waals surface area (Å²) in [5, 5.41) is 0.542. The molecule has 3 aromatic rings. The SMILES string of the molecule is C=CC(=O)N1CCC(c2nc3ccc(-c4cccnc4N4CCOCC4)cc3c(=O)[nH]2)C1. The van der Waals surface area contributed by atoms with Gasteiger partial charge in [0.25, 0.3) is 5.56 Å². The summed E-state index contributed by atoms with van der Waals surface area (Å²) in [7, 11) is 0. The summed E-state index contributed by atoms with van der Waals surface area (Å²) in [6, 6.07) is 9.70. The summed E-state index contributed by atoms with van der Waals surface area (Å²) in [6.45, 7) is 7.66. The van der Waals surface area contributed by atoms with Crippen molar-refractivity contribution in [3.63, 3.8) is 0 Å². The molecule has 2 aromatic heterocycles. The highest BCUT2D eigenvalue weighted by Crippen LogP contribution is 2.31. The zero-order valence-corrected chi connectivity index (χ0v) is 17.8. The maximum Gasteiger partial charge on any atom is 0.258 e. The highest BCUT2D eigenvalue weighted by atomic mass is 16.5. The predicted molar refractivity (Wildman–Crippen MR) is 123 cm³/mol. The number of H-pyrrole nitrogens is 1. The third-order valence-corrected chi connectivity index (χ3v) is 6.19. The predicted octanol–water partition coefficient (Wildman–Crippen LogP) is 2.32. The molecule has 5 rings (SSSR count). The summed E-state index contributed by atoms with van der Waals surface area (Å²) < 4.78 is 5.47. The number of aromatic nitrogens is 3. The molecular formula is C24H25N5O3. The molecule has 4 heterocycles. The zero-order valence-electron chi connectivity index (χ0n) is 17.8. The summed E-state index contributed by atoms with van der Waals surface area (Å²) in [5.41, 5.74) is 2.39. The van der Waals surface area contributed by atoms with E-state index in [9.17, 15) is 9.59 Å². The number of carbonyl (C=O) groups excluding carboxylic acids is 1. The van der Waals surface area contributed by atoms with Gasteiger partial charge in [0.05, 0.1) is 24.1 Å². The standard InChI is InChI=1S/C24H25N5O3/c1-2-21(30)29-9-7-17(15-29)22-26-20-6-5-16(14-19(20)24(31)27-22)18-4-3-8-25-23(18)28-10-12-32-13-11-28/h2-6,8,14,17H,1,7,9-13,15H2,(H,26,27,31). The Hall–Kier alpha value is -3.52. The topological polar surface area (TPSA) is 91.4 Å². The van der Waals surface area contributed by atoms with Crippen LogP contribution in [0.25, 0.3) is 22.0 Å². The molecule has 0 aliphatic carbocycles. The largest absolute Gasteiger partial charge is 0.378 e. The minimum absolute atomic E-state index is 0.0157. The second-order valence-corrected chi connectivity index (χ2v) is 8.13. The second kappa shape index (κ2) is 8.55. The number of aromatic amines is 1. The van der Waals surface area contributed by atoms with Gasteiger partial charge in [-0.1, -0.05) is 12.6 Å². The Kier molecular flexibility index (Phi) is 5.45. The van der Waals surface area contributed by atoms with Crippen molar-refractivity contribution in [1.82, 2.24) is 19.9 Å². The number of likely N-dealkylation sites (tertiary alicyclic amines) is 1. The molecular weight excluding hydrogens is 406 g/mol. The lowest BCUT2D eigenvalue weighted by Gasteiger charge is -2.29. The minimum Gasteiger partial charge on any atom is -0.378 e. The van der Waals surface area contributed by atoms with Crippen molar-refractivity contribution >= 4 is 22.6 Å². The summed E-state index contributed by atoms with van der Waals surface area (Å²) in [5.74, 6) is 1.45. The first-order valence-electron chi connectivity index (χ1n) is 10.9. The van der Waals surface area contributed by atoms with E-state index in [0.29, 0.717) is 43.0 Å². The lowest BCUT2D eigenvalue weighted by atomic mass is 10.0. The molecule has 32 heavy (non-hydrogen) atoms. The van der Waals surface area contributed by atoms with Gasteiger partial charge < -0.3 is 19.5 Å². The minimum atomic E-state index is -0.169. The van der Waals surface area contributed by atoms with Gasteiger partial charge in [-0.25, -0.2) is 9.97 Å². The molecule has 0 radical (unpaired) electrons. The first-order valence-corrected chi connectivity index (χ1v) is 10.9. The van der Waals surface area contributed by atoms with Crippen LogP contribution >= 0.6 is 0 Å². The van der Waals surface area contributed by atoms with Crippen LogP contribution in [0.2, 0.25) is 0 Å². The molecule has 1 atom stereocenters. The highest BCUT2D eigenvalue weighted by molar-refractivity contribution is 5.88. The number of amides is 1. The normalized spacial score (nSPS) is 18.8. The lowest BCUT2D eigenvalue weighted by Crippen LogP contribution is -2.37. The maximum atomic E-state index is 13.0. The van der Waals surface area contributed by atoms with E-state index in [1.54, 1.807) is 11.1 Å². The van der Waals surface area contributed by atoms with Crippen molar-refractivity contribution < 1.29 is 9.53 Å². The van der Waals surface area contributed by atoms with Gasteiger partial charge in [0.15, 0.2) is 0 Å². The fourth-order valence-corrected chi connectivity index (χ4v) is 4.48.